The maximum Gasteiger partial charge on any atom is 0.235 e. The fraction of sp³-hybridized carbons (Fsp3) is 0.381. The van der Waals surface area contributed by atoms with Gasteiger partial charge in [0.1, 0.15) is 0 Å². The molecule has 7 nitrogen and oxygen atoms in total. The highest BCUT2D eigenvalue weighted by molar-refractivity contribution is 5.79. The van der Waals surface area contributed by atoms with E-state index < -0.39 is 0 Å². The predicted molar refractivity (Wildman–Crippen MR) is 105 cm³/mol. The number of rotatable bonds is 4. The van der Waals surface area contributed by atoms with Gasteiger partial charge in [-0.25, -0.2) is 5.43 Å². The van der Waals surface area contributed by atoms with Crippen molar-refractivity contribution in [3.05, 3.63) is 66.0 Å². The van der Waals surface area contributed by atoms with E-state index in [1.165, 1.54) is 0 Å². The molecule has 0 radical (unpaired) electrons. The van der Waals surface area contributed by atoms with Crippen LogP contribution in [0.25, 0.3) is 0 Å². The highest BCUT2D eigenvalue weighted by Crippen LogP contribution is 2.26. The van der Waals surface area contributed by atoms with Gasteiger partial charge in [0.25, 0.3) is 0 Å². The average Bonchev–Trinajstić information content (AvgIpc) is 2.75. The average molecular weight is 379 g/mol. The summed E-state index contributed by atoms with van der Waals surface area (Å²) in [6, 6.07) is 14.1. The Kier molecular flexibility index (Phi) is 5.64. The predicted octanol–water partition coefficient (Wildman–Crippen LogP) is 0.903. The van der Waals surface area contributed by atoms with E-state index in [-0.39, 0.29) is 23.9 Å². The van der Waals surface area contributed by atoms with Gasteiger partial charge in [-0.15, -0.1) is 0 Å². The Morgan fingerprint density at radius 3 is 2.57 bits per heavy atom. The van der Waals surface area contributed by atoms with Crippen molar-refractivity contribution in [2.75, 3.05) is 26.2 Å². The van der Waals surface area contributed by atoms with Crippen molar-refractivity contribution in [1.29, 1.82) is 0 Å². The second-order valence-corrected chi connectivity index (χ2v) is 7.31. The number of hydrogen-bond donors (Lipinski definition) is 2. The first-order chi connectivity index (χ1) is 13.7. The Bertz CT molecular complexity index is 806. The molecule has 28 heavy (non-hydrogen) atoms. The zero-order chi connectivity index (χ0) is 19.3. The molecule has 2 N–H and O–H groups in total. The molecule has 2 aliphatic rings. The van der Waals surface area contributed by atoms with E-state index in [0.29, 0.717) is 25.9 Å². The number of hydrazine groups is 1. The van der Waals surface area contributed by atoms with Crippen LogP contribution in [0.1, 0.15) is 23.6 Å². The molecular weight excluding hydrogens is 354 g/mol. The molecule has 0 saturated carbocycles. The Morgan fingerprint density at radius 1 is 1.07 bits per heavy atom. The smallest absolute Gasteiger partial charge is 0.235 e. The van der Waals surface area contributed by atoms with Crippen LogP contribution >= 0.6 is 0 Å². The number of pyridine rings is 1. The SMILES string of the molecule is O=C1CC(N2CCN(C(=O)Cc3cccnc3)CC2)C(c2ccccc2)NN1. The third-order valence-electron chi connectivity index (χ3n) is 5.52. The van der Waals surface area contributed by atoms with Crippen molar-refractivity contribution in [3.63, 3.8) is 0 Å². The van der Waals surface area contributed by atoms with Gasteiger partial charge < -0.3 is 4.90 Å². The summed E-state index contributed by atoms with van der Waals surface area (Å²) in [6.45, 7) is 2.89. The Labute approximate surface area is 164 Å². The molecule has 0 bridgehead atoms. The molecular formula is C21H25N5O2. The summed E-state index contributed by atoms with van der Waals surface area (Å²) in [5, 5.41) is 0. The first kappa shape index (κ1) is 18.6. The second kappa shape index (κ2) is 8.50. The summed E-state index contributed by atoms with van der Waals surface area (Å²) in [7, 11) is 0. The fourth-order valence-electron chi connectivity index (χ4n) is 4.01. The largest absolute Gasteiger partial charge is 0.340 e. The Hall–Kier alpha value is -2.77. The van der Waals surface area contributed by atoms with Crippen molar-refractivity contribution in [2.24, 2.45) is 0 Å². The first-order valence-corrected chi connectivity index (χ1v) is 9.71. The van der Waals surface area contributed by atoms with Crippen LogP contribution in [-0.2, 0) is 16.0 Å². The van der Waals surface area contributed by atoms with Crippen molar-refractivity contribution >= 4 is 11.8 Å². The van der Waals surface area contributed by atoms with Gasteiger partial charge in [-0.05, 0) is 17.2 Å². The number of benzene rings is 1. The van der Waals surface area contributed by atoms with Crippen LogP contribution in [0.2, 0.25) is 0 Å². The third-order valence-corrected chi connectivity index (χ3v) is 5.52. The van der Waals surface area contributed by atoms with E-state index in [4.69, 9.17) is 0 Å². The molecule has 2 aliphatic heterocycles. The topological polar surface area (TPSA) is 77.6 Å². The molecule has 0 spiro atoms. The third kappa shape index (κ3) is 4.21. The highest BCUT2D eigenvalue weighted by atomic mass is 16.2. The number of carbonyl (C=O) groups is 2. The van der Waals surface area contributed by atoms with E-state index in [2.05, 4.69) is 32.9 Å². The molecule has 2 fully saturated rings. The van der Waals surface area contributed by atoms with Gasteiger partial charge in [0.2, 0.25) is 11.8 Å². The minimum Gasteiger partial charge on any atom is -0.340 e. The van der Waals surface area contributed by atoms with Crippen LogP contribution in [0.15, 0.2) is 54.9 Å². The number of piperazine rings is 1. The maximum absolute atomic E-state index is 12.6. The Balaban J connectivity index is 1.39. The van der Waals surface area contributed by atoms with Crippen LogP contribution in [0, 0.1) is 0 Å². The molecule has 7 heteroatoms. The molecule has 1 aromatic carbocycles. The Morgan fingerprint density at radius 2 is 1.86 bits per heavy atom. The van der Waals surface area contributed by atoms with E-state index in [1.807, 2.05) is 35.2 Å². The van der Waals surface area contributed by atoms with Gasteiger partial charge in [0.15, 0.2) is 0 Å². The minimum atomic E-state index is 0.00673. The molecule has 2 atom stereocenters. The number of hydrogen-bond acceptors (Lipinski definition) is 5. The van der Waals surface area contributed by atoms with E-state index in [1.54, 1.807) is 12.4 Å². The van der Waals surface area contributed by atoms with Gasteiger partial charge in [0, 0.05) is 51.0 Å². The molecule has 1 aromatic heterocycles. The lowest BCUT2D eigenvalue weighted by Gasteiger charge is -2.44. The molecule has 2 saturated heterocycles. The van der Waals surface area contributed by atoms with Crippen LogP contribution < -0.4 is 10.9 Å². The van der Waals surface area contributed by atoms with Gasteiger partial charge in [0.05, 0.1) is 12.5 Å². The molecule has 146 valence electrons. The molecule has 0 aliphatic carbocycles. The number of amides is 2. The molecule has 2 unspecified atom stereocenters. The zero-order valence-corrected chi connectivity index (χ0v) is 15.8. The quantitative estimate of drug-likeness (QED) is 0.826. The number of nitrogens with one attached hydrogen (secondary N) is 2. The van der Waals surface area contributed by atoms with E-state index >= 15 is 0 Å². The summed E-state index contributed by atoms with van der Waals surface area (Å²) >= 11 is 0. The van der Waals surface area contributed by atoms with Crippen LogP contribution in [0.4, 0.5) is 0 Å². The summed E-state index contributed by atoms with van der Waals surface area (Å²) in [4.78, 5) is 32.9. The van der Waals surface area contributed by atoms with Gasteiger partial charge in [-0.2, -0.15) is 0 Å². The lowest BCUT2D eigenvalue weighted by Crippen LogP contribution is -2.60. The van der Waals surface area contributed by atoms with Gasteiger partial charge in [-0.3, -0.25) is 24.9 Å². The summed E-state index contributed by atoms with van der Waals surface area (Å²) < 4.78 is 0. The lowest BCUT2D eigenvalue weighted by molar-refractivity contribution is -0.134. The van der Waals surface area contributed by atoms with Crippen LogP contribution in [0.3, 0.4) is 0 Å². The van der Waals surface area contributed by atoms with Crippen molar-refractivity contribution < 1.29 is 9.59 Å². The summed E-state index contributed by atoms with van der Waals surface area (Å²) in [5.74, 6) is 0.138. The monoisotopic (exact) mass is 379 g/mol. The first-order valence-electron chi connectivity index (χ1n) is 9.71. The standard InChI is InChI=1S/C21H25N5O2/c27-19-14-18(21(24-23-19)17-6-2-1-3-7-17)25-9-11-26(12-10-25)20(28)13-16-5-4-8-22-15-16/h1-8,15,18,21,24H,9-14H2,(H,23,27). The summed E-state index contributed by atoms with van der Waals surface area (Å²) in [5.41, 5.74) is 8.03. The normalized spacial score (nSPS) is 23.3. The number of nitrogens with zero attached hydrogens (tertiary/aromatic N) is 3. The second-order valence-electron chi connectivity index (χ2n) is 7.31. The molecule has 4 rings (SSSR count). The van der Waals surface area contributed by atoms with Crippen LogP contribution in [-0.4, -0.2) is 58.8 Å². The zero-order valence-electron chi connectivity index (χ0n) is 15.8. The number of carbonyl (C=O) groups excluding carboxylic acids is 2. The van der Waals surface area contributed by atoms with Crippen LogP contribution in [0.5, 0.6) is 0 Å². The highest BCUT2D eigenvalue weighted by Gasteiger charge is 2.36. The van der Waals surface area contributed by atoms with E-state index in [9.17, 15) is 9.59 Å². The van der Waals surface area contributed by atoms with Crippen molar-refractivity contribution in [1.82, 2.24) is 25.6 Å². The lowest BCUT2D eigenvalue weighted by atomic mass is 9.93. The van der Waals surface area contributed by atoms with Gasteiger partial charge >= 0.3 is 0 Å². The fourth-order valence-corrected chi connectivity index (χ4v) is 4.01. The maximum atomic E-state index is 12.6. The van der Waals surface area contributed by atoms with Gasteiger partial charge in [-0.1, -0.05) is 36.4 Å². The van der Waals surface area contributed by atoms with Crippen molar-refractivity contribution in [2.45, 2.75) is 24.9 Å². The minimum absolute atomic E-state index is 0.00673. The van der Waals surface area contributed by atoms with Crippen molar-refractivity contribution in [3.8, 4) is 0 Å². The molecule has 2 amide bonds. The summed E-state index contributed by atoms with van der Waals surface area (Å²) in [6.07, 6.45) is 4.29. The van der Waals surface area contributed by atoms with E-state index in [0.717, 1.165) is 24.2 Å². The number of aromatic nitrogens is 1. The molecule has 3 heterocycles. The molecule has 2 aromatic rings.